The number of urea groups is 1. The Morgan fingerprint density at radius 3 is 2.65 bits per heavy atom. The summed E-state index contributed by atoms with van der Waals surface area (Å²) in [5.41, 5.74) is 0. The molecule has 20 heavy (non-hydrogen) atoms. The molecule has 2 N–H and O–H groups in total. The predicted molar refractivity (Wildman–Crippen MR) is 79.1 cm³/mol. The molecular formula is C13H23N3O3S. The van der Waals surface area contributed by atoms with Gasteiger partial charge in [-0.3, -0.25) is 4.90 Å². The minimum absolute atomic E-state index is 0.0253. The number of carboxylic acids is 1. The zero-order chi connectivity index (χ0) is 14.5. The first-order valence-corrected chi connectivity index (χ1v) is 8.32. The molecule has 0 spiro atoms. The number of carbonyl (C=O) groups excluding carboxylic acids is 1. The summed E-state index contributed by atoms with van der Waals surface area (Å²) in [4.78, 5) is 27.1. The van der Waals surface area contributed by atoms with Gasteiger partial charge in [0.15, 0.2) is 0 Å². The number of carboxylic acid groups (broad SMARTS) is 1. The van der Waals surface area contributed by atoms with Crippen LogP contribution in [0, 0.1) is 5.92 Å². The van der Waals surface area contributed by atoms with E-state index in [4.69, 9.17) is 0 Å². The summed E-state index contributed by atoms with van der Waals surface area (Å²) in [5.74, 6) is 1.42. The Hall–Kier alpha value is -0.950. The van der Waals surface area contributed by atoms with Crippen molar-refractivity contribution in [2.45, 2.75) is 19.4 Å². The summed E-state index contributed by atoms with van der Waals surface area (Å²) in [6.07, 6.45) is 0.758. The molecule has 0 saturated carbocycles. The lowest BCUT2D eigenvalue weighted by Crippen LogP contribution is -2.49. The van der Waals surface area contributed by atoms with Gasteiger partial charge < -0.3 is 15.3 Å². The van der Waals surface area contributed by atoms with Crippen LogP contribution in [0.1, 0.15) is 13.3 Å². The molecule has 2 unspecified atom stereocenters. The van der Waals surface area contributed by atoms with Crippen molar-refractivity contribution < 1.29 is 14.7 Å². The molecular weight excluding hydrogens is 278 g/mol. The van der Waals surface area contributed by atoms with Gasteiger partial charge in [-0.1, -0.05) is 6.92 Å². The van der Waals surface area contributed by atoms with E-state index in [0.29, 0.717) is 13.1 Å². The van der Waals surface area contributed by atoms with Gasteiger partial charge in [-0.15, -0.1) is 0 Å². The van der Waals surface area contributed by atoms with E-state index in [2.05, 4.69) is 10.2 Å². The molecule has 0 aromatic rings. The van der Waals surface area contributed by atoms with E-state index in [1.807, 2.05) is 18.7 Å². The Balaban J connectivity index is 1.75. The highest BCUT2D eigenvalue weighted by Gasteiger charge is 2.39. The van der Waals surface area contributed by atoms with Crippen molar-refractivity contribution in [3.05, 3.63) is 0 Å². The Kier molecular flexibility index (Phi) is 5.54. The Morgan fingerprint density at radius 1 is 1.30 bits per heavy atom. The highest BCUT2D eigenvalue weighted by Crippen LogP contribution is 2.23. The van der Waals surface area contributed by atoms with Gasteiger partial charge in [0.2, 0.25) is 0 Å². The lowest BCUT2D eigenvalue weighted by molar-refractivity contribution is -0.142. The van der Waals surface area contributed by atoms with E-state index in [-0.39, 0.29) is 11.9 Å². The maximum atomic E-state index is 12.1. The fraction of sp³-hybridized carbons (Fsp3) is 0.846. The topological polar surface area (TPSA) is 72.9 Å². The molecule has 2 fully saturated rings. The minimum atomic E-state index is -0.904. The van der Waals surface area contributed by atoms with Crippen molar-refractivity contribution in [1.29, 1.82) is 0 Å². The number of aliphatic carboxylic acids is 1. The van der Waals surface area contributed by atoms with Gasteiger partial charge in [-0.05, 0) is 12.3 Å². The lowest BCUT2D eigenvalue weighted by Gasteiger charge is -2.27. The van der Waals surface area contributed by atoms with Crippen LogP contribution in [-0.4, -0.2) is 77.2 Å². The number of carbonyl (C=O) groups is 2. The second kappa shape index (κ2) is 7.17. The maximum Gasteiger partial charge on any atom is 0.326 e. The number of thioether (sulfide) groups is 1. The number of nitrogens with one attached hydrogen (secondary N) is 1. The van der Waals surface area contributed by atoms with E-state index in [1.54, 1.807) is 0 Å². The van der Waals surface area contributed by atoms with Crippen molar-refractivity contribution in [1.82, 2.24) is 15.1 Å². The highest BCUT2D eigenvalue weighted by molar-refractivity contribution is 7.99. The van der Waals surface area contributed by atoms with Gasteiger partial charge >= 0.3 is 12.0 Å². The zero-order valence-electron chi connectivity index (χ0n) is 11.9. The van der Waals surface area contributed by atoms with Crippen molar-refractivity contribution in [3.63, 3.8) is 0 Å². The molecule has 0 radical (unpaired) electrons. The zero-order valence-corrected chi connectivity index (χ0v) is 12.7. The molecule has 2 amide bonds. The quantitative estimate of drug-likeness (QED) is 0.793. The molecule has 2 aliphatic rings. The molecule has 2 aliphatic heterocycles. The second-order valence-electron chi connectivity index (χ2n) is 5.43. The Labute approximate surface area is 123 Å². The molecule has 7 heteroatoms. The van der Waals surface area contributed by atoms with Gasteiger partial charge in [-0.2, -0.15) is 11.8 Å². The molecule has 6 nitrogen and oxygen atoms in total. The van der Waals surface area contributed by atoms with E-state index in [1.165, 1.54) is 4.90 Å². The lowest BCUT2D eigenvalue weighted by atomic mass is 10.0. The van der Waals surface area contributed by atoms with Crippen LogP contribution >= 0.6 is 11.8 Å². The van der Waals surface area contributed by atoms with Crippen molar-refractivity contribution >= 4 is 23.8 Å². The number of rotatable bonds is 4. The standard InChI is InChI=1S/C13H23N3O3S/c1-10-2-4-16(11(10)12(17)18)13(19)14-3-5-15-6-8-20-9-7-15/h10-11H,2-9H2,1H3,(H,14,19)(H,17,18). The Morgan fingerprint density at radius 2 is 2.00 bits per heavy atom. The van der Waals surface area contributed by atoms with Crippen LogP contribution in [0.5, 0.6) is 0 Å². The monoisotopic (exact) mass is 301 g/mol. The van der Waals surface area contributed by atoms with Crippen LogP contribution in [0.15, 0.2) is 0 Å². The average molecular weight is 301 g/mol. The van der Waals surface area contributed by atoms with Crippen LogP contribution in [0.2, 0.25) is 0 Å². The summed E-state index contributed by atoms with van der Waals surface area (Å²) < 4.78 is 0. The number of hydrogen-bond acceptors (Lipinski definition) is 4. The third-order valence-corrected chi connectivity index (χ3v) is 4.96. The first kappa shape index (κ1) is 15.4. The van der Waals surface area contributed by atoms with E-state index >= 15 is 0 Å². The predicted octanol–water partition coefficient (Wildman–Crippen LogP) is 0.540. The molecule has 2 atom stereocenters. The molecule has 0 aromatic carbocycles. The highest BCUT2D eigenvalue weighted by atomic mass is 32.2. The molecule has 2 rings (SSSR count). The minimum Gasteiger partial charge on any atom is -0.480 e. The maximum absolute atomic E-state index is 12.1. The fourth-order valence-electron chi connectivity index (χ4n) is 2.80. The van der Waals surface area contributed by atoms with Gasteiger partial charge in [0, 0.05) is 44.2 Å². The normalized spacial score (nSPS) is 27.6. The van der Waals surface area contributed by atoms with Crippen molar-refractivity contribution in [3.8, 4) is 0 Å². The smallest absolute Gasteiger partial charge is 0.326 e. The molecule has 2 saturated heterocycles. The van der Waals surface area contributed by atoms with Gasteiger partial charge in [0.05, 0.1) is 0 Å². The Bertz CT molecular complexity index is 361. The number of amides is 2. The summed E-state index contributed by atoms with van der Waals surface area (Å²) >= 11 is 1.96. The first-order valence-electron chi connectivity index (χ1n) is 7.17. The number of hydrogen-bond donors (Lipinski definition) is 2. The molecule has 2 heterocycles. The number of nitrogens with zero attached hydrogens (tertiary/aromatic N) is 2. The van der Waals surface area contributed by atoms with E-state index in [9.17, 15) is 14.7 Å². The van der Waals surface area contributed by atoms with Gasteiger partial charge in [0.1, 0.15) is 6.04 Å². The van der Waals surface area contributed by atoms with Crippen molar-refractivity contribution in [2.24, 2.45) is 5.92 Å². The molecule has 0 aromatic heterocycles. The summed E-state index contributed by atoms with van der Waals surface area (Å²) in [6, 6.07) is -0.922. The molecule has 114 valence electrons. The third-order valence-electron chi connectivity index (χ3n) is 4.02. The number of likely N-dealkylation sites (tertiary alicyclic amines) is 1. The van der Waals surface area contributed by atoms with Crippen LogP contribution < -0.4 is 5.32 Å². The second-order valence-corrected chi connectivity index (χ2v) is 6.65. The van der Waals surface area contributed by atoms with Gasteiger partial charge in [-0.25, -0.2) is 9.59 Å². The fourth-order valence-corrected chi connectivity index (χ4v) is 3.78. The van der Waals surface area contributed by atoms with Gasteiger partial charge in [0.25, 0.3) is 0 Å². The summed E-state index contributed by atoms with van der Waals surface area (Å²) in [7, 11) is 0. The first-order chi connectivity index (χ1) is 9.59. The van der Waals surface area contributed by atoms with Crippen LogP contribution in [0.3, 0.4) is 0 Å². The van der Waals surface area contributed by atoms with E-state index in [0.717, 1.165) is 37.6 Å². The average Bonchev–Trinajstić information content (AvgIpc) is 2.82. The SMILES string of the molecule is CC1CCN(C(=O)NCCN2CCSCC2)C1C(=O)O. The van der Waals surface area contributed by atoms with Crippen LogP contribution in [0.25, 0.3) is 0 Å². The molecule has 0 aliphatic carbocycles. The molecule has 0 bridgehead atoms. The van der Waals surface area contributed by atoms with Crippen LogP contribution in [-0.2, 0) is 4.79 Å². The van der Waals surface area contributed by atoms with Crippen LogP contribution in [0.4, 0.5) is 4.79 Å². The summed E-state index contributed by atoms with van der Waals surface area (Å²) in [5, 5.41) is 12.1. The van der Waals surface area contributed by atoms with Crippen molar-refractivity contribution in [2.75, 3.05) is 44.2 Å². The largest absolute Gasteiger partial charge is 0.480 e. The van der Waals surface area contributed by atoms with E-state index < -0.39 is 12.0 Å². The summed E-state index contributed by atoms with van der Waals surface area (Å²) in [6.45, 7) is 5.98. The third kappa shape index (κ3) is 3.79.